The molecule has 0 amide bonds. The van der Waals surface area contributed by atoms with Gasteiger partial charge in [0.2, 0.25) is 0 Å². The van der Waals surface area contributed by atoms with Gasteiger partial charge in [-0.2, -0.15) is 0 Å². The van der Waals surface area contributed by atoms with Gasteiger partial charge < -0.3 is 4.74 Å². The second-order valence-corrected chi connectivity index (χ2v) is 3.74. The average molecular weight is 192 g/mol. The third-order valence-corrected chi connectivity index (χ3v) is 2.76. The van der Waals surface area contributed by atoms with E-state index in [4.69, 9.17) is 24.2 Å². The lowest BCUT2D eigenvalue weighted by Gasteiger charge is -2.21. The van der Waals surface area contributed by atoms with E-state index in [1.165, 1.54) is 5.56 Å². The summed E-state index contributed by atoms with van der Waals surface area (Å²) >= 11 is 6.01. The van der Waals surface area contributed by atoms with Crippen molar-refractivity contribution in [3.05, 3.63) is 22.2 Å². The summed E-state index contributed by atoms with van der Waals surface area (Å²) in [6.45, 7) is 2.77. The van der Waals surface area contributed by atoms with E-state index in [1.54, 1.807) is 6.07 Å². The molecule has 66 valence electrons. The van der Waals surface area contributed by atoms with Gasteiger partial charge in [-0.1, -0.05) is 22.6 Å². The summed E-state index contributed by atoms with van der Waals surface area (Å²) in [5.74, 6) is 0.833. The lowest BCUT2D eigenvalue weighted by atomic mass is 9.86. The van der Waals surface area contributed by atoms with Crippen LogP contribution in [0.25, 0.3) is 0 Å². The molecule has 1 aromatic carbocycles. The molecule has 1 heterocycles. The van der Waals surface area contributed by atoms with Gasteiger partial charge in [-0.3, -0.25) is 0 Å². The van der Waals surface area contributed by atoms with Crippen LogP contribution >= 0.6 is 11.6 Å². The van der Waals surface area contributed by atoms with E-state index >= 15 is 0 Å². The highest BCUT2D eigenvalue weighted by atomic mass is 35.5. The van der Waals surface area contributed by atoms with Crippen LogP contribution in [-0.2, 0) is 6.42 Å². The van der Waals surface area contributed by atoms with Gasteiger partial charge in [0.25, 0.3) is 0 Å². The first-order valence-corrected chi connectivity index (χ1v) is 4.78. The van der Waals surface area contributed by atoms with Crippen molar-refractivity contribution in [1.29, 1.82) is 0 Å². The molecule has 2 radical (unpaired) electrons. The third kappa shape index (κ3) is 1.44. The molecule has 2 rings (SSSR count). The van der Waals surface area contributed by atoms with Crippen molar-refractivity contribution in [2.24, 2.45) is 0 Å². The summed E-state index contributed by atoms with van der Waals surface area (Å²) < 4.78 is 5.50. The second kappa shape index (κ2) is 3.26. The van der Waals surface area contributed by atoms with E-state index in [0.717, 1.165) is 36.2 Å². The largest absolute Gasteiger partial charge is 0.492 e. The zero-order chi connectivity index (χ0) is 9.42. The van der Waals surface area contributed by atoms with E-state index in [1.807, 2.05) is 6.92 Å². The number of fused-ring (bicyclic) bond motifs is 1. The van der Waals surface area contributed by atoms with E-state index in [2.05, 4.69) is 0 Å². The number of halogens is 1. The molecule has 0 fully saturated rings. The Kier molecular flexibility index (Phi) is 2.25. The number of benzene rings is 1. The molecule has 0 bridgehead atoms. The summed E-state index contributed by atoms with van der Waals surface area (Å²) in [7, 11) is 5.80. The molecule has 0 aromatic heterocycles. The fourth-order valence-electron chi connectivity index (χ4n) is 1.68. The first-order chi connectivity index (χ1) is 6.20. The summed E-state index contributed by atoms with van der Waals surface area (Å²) in [6.07, 6.45) is 2.07. The Bertz CT molecular complexity index is 349. The maximum absolute atomic E-state index is 6.01. The molecule has 0 saturated carbocycles. The SMILES string of the molecule is [B]c1cc(Cl)c2c(c1C)CCCO2. The van der Waals surface area contributed by atoms with Gasteiger partial charge in [0.15, 0.2) is 0 Å². The molecule has 0 saturated heterocycles. The fraction of sp³-hybridized carbons (Fsp3) is 0.400. The summed E-state index contributed by atoms with van der Waals surface area (Å²) in [5, 5.41) is 0.637. The Labute approximate surface area is 84.5 Å². The normalized spacial score (nSPS) is 14.9. The Morgan fingerprint density at radius 2 is 2.31 bits per heavy atom. The van der Waals surface area contributed by atoms with Gasteiger partial charge in [-0.05, 0) is 31.4 Å². The molecule has 0 atom stereocenters. The smallest absolute Gasteiger partial charge is 0.141 e. The molecule has 0 unspecified atom stereocenters. The minimum Gasteiger partial charge on any atom is -0.492 e. The van der Waals surface area contributed by atoms with E-state index in [0.29, 0.717) is 5.02 Å². The van der Waals surface area contributed by atoms with Gasteiger partial charge >= 0.3 is 0 Å². The van der Waals surface area contributed by atoms with Crippen molar-refractivity contribution >= 4 is 24.9 Å². The molecule has 1 aliphatic heterocycles. The van der Waals surface area contributed by atoms with Gasteiger partial charge in [0.1, 0.15) is 13.6 Å². The predicted octanol–water partition coefficient (Wildman–Crippen LogP) is 1.77. The summed E-state index contributed by atoms with van der Waals surface area (Å²) in [6, 6.07) is 1.76. The van der Waals surface area contributed by atoms with Gasteiger partial charge in [-0.15, -0.1) is 0 Å². The predicted molar refractivity (Wildman–Crippen MR) is 55.4 cm³/mol. The topological polar surface area (TPSA) is 9.23 Å². The van der Waals surface area contributed by atoms with Crippen LogP contribution in [0, 0.1) is 6.92 Å². The van der Waals surface area contributed by atoms with Crippen LogP contribution in [0.3, 0.4) is 0 Å². The van der Waals surface area contributed by atoms with Gasteiger partial charge in [0, 0.05) is 0 Å². The number of hydrogen-bond donors (Lipinski definition) is 0. The first kappa shape index (κ1) is 8.95. The monoisotopic (exact) mass is 192 g/mol. The average Bonchev–Trinajstić information content (AvgIpc) is 2.15. The van der Waals surface area contributed by atoms with Crippen molar-refractivity contribution in [3.63, 3.8) is 0 Å². The second-order valence-electron chi connectivity index (χ2n) is 3.33. The fourth-order valence-corrected chi connectivity index (χ4v) is 1.97. The molecular formula is C10H10BClO. The minimum absolute atomic E-state index is 0.637. The zero-order valence-corrected chi connectivity index (χ0v) is 8.32. The quantitative estimate of drug-likeness (QED) is 0.569. The standard InChI is InChI=1S/C10H10BClO/c1-6-7-3-2-4-13-10(7)9(12)5-8(6)11/h5H,2-4H2,1H3. The third-order valence-electron chi connectivity index (χ3n) is 2.48. The molecule has 1 nitrogen and oxygen atoms in total. The lowest BCUT2D eigenvalue weighted by Crippen LogP contribution is -2.17. The van der Waals surface area contributed by atoms with Crippen molar-refractivity contribution < 1.29 is 4.74 Å². The Hall–Kier alpha value is -0.625. The van der Waals surface area contributed by atoms with E-state index < -0.39 is 0 Å². The maximum atomic E-state index is 6.01. The first-order valence-electron chi connectivity index (χ1n) is 4.40. The highest BCUT2D eigenvalue weighted by Crippen LogP contribution is 2.33. The van der Waals surface area contributed by atoms with Crippen LogP contribution in [-0.4, -0.2) is 14.5 Å². The molecule has 1 aliphatic rings. The van der Waals surface area contributed by atoms with Crippen molar-refractivity contribution in [1.82, 2.24) is 0 Å². The molecular weight excluding hydrogens is 182 g/mol. The summed E-state index contributed by atoms with van der Waals surface area (Å²) in [5.41, 5.74) is 3.05. The molecule has 0 aliphatic carbocycles. The van der Waals surface area contributed by atoms with Crippen molar-refractivity contribution in [2.45, 2.75) is 19.8 Å². The van der Waals surface area contributed by atoms with Crippen LogP contribution in [0.4, 0.5) is 0 Å². The van der Waals surface area contributed by atoms with Crippen molar-refractivity contribution in [2.75, 3.05) is 6.61 Å². The number of ether oxygens (including phenoxy) is 1. The van der Waals surface area contributed by atoms with Crippen LogP contribution in [0.2, 0.25) is 5.02 Å². The molecule has 0 N–H and O–H groups in total. The van der Waals surface area contributed by atoms with Gasteiger partial charge in [-0.25, -0.2) is 0 Å². The minimum atomic E-state index is 0.637. The van der Waals surface area contributed by atoms with Gasteiger partial charge in [0.05, 0.1) is 11.6 Å². The highest BCUT2D eigenvalue weighted by Gasteiger charge is 2.16. The zero-order valence-electron chi connectivity index (χ0n) is 7.56. The summed E-state index contributed by atoms with van der Waals surface area (Å²) in [4.78, 5) is 0. The lowest BCUT2D eigenvalue weighted by molar-refractivity contribution is 0.288. The van der Waals surface area contributed by atoms with Crippen LogP contribution in [0.1, 0.15) is 17.5 Å². The molecule has 0 spiro atoms. The molecule has 1 aromatic rings. The Morgan fingerprint density at radius 3 is 3.08 bits per heavy atom. The maximum Gasteiger partial charge on any atom is 0.141 e. The van der Waals surface area contributed by atoms with Crippen LogP contribution < -0.4 is 10.2 Å². The van der Waals surface area contributed by atoms with Crippen molar-refractivity contribution in [3.8, 4) is 5.75 Å². The van der Waals surface area contributed by atoms with E-state index in [9.17, 15) is 0 Å². The highest BCUT2D eigenvalue weighted by molar-refractivity contribution is 6.38. The Balaban J connectivity index is 2.63. The van der Waals surface area contributed by atoms with Crippen LogP contribution in [0.15, 0.2) is 6.07 Å². The molecule has 13 heavy (non-hydrogen) atoms. The Morgan fingerprint density at radius 1 is 1.54 bits per heavy atom. The number of rotatable bonds is 0. The molecule has 3 heteroatoms. The van der Waals surface area contributed by atoms with Crippen LogP contribution in [0.5, 0.6) is 5.75 Å². The van der Waals surface area contributed by atoms with E-state index in [-0.39, 0.29) is 0 Å². The number of hydrogen-bond acceptors (Lipinski definition) is 1.